The molecule has 0 saturated carbocycles. The van der Waals surface area contributed by atoms with Crippen LogP contribution in [0.3, 0.4) is 0 Å². The maximum atomic E-state index is 10.2. The molecule has 0 aliphatic rings. The van der Waals surface area contributed by atoms with E-state index in [1.165, 1.54) is 44.9 Å². The molecule has 0 fully saturated rings. The Morgan fingerprint density at radius 1 is 1.00 bits per heavy atom. The van der Waals surface area contributed by atoms with Crippen LogP contribution in [0.1, 0.15) is 71.1 Å². The summed E-state index contributed by atoms with van der Waals surface area (Å²) in [6, 6.07) is 0. The number of carboxylic acids is 1. The molecule has 0 aromatic heterocycles. The summed E-state index contributed by atoms with van der Waals surface area (Å²) in [5.74, 6) is -1.16. The summed E-state index contributed by atoms with van der Waals surface area (Å²) in [5, 5.41) is 35.3. The molecule has 22 heavy (non-hydrogen) atoms. The molecule has 130 valence electrons. The maximum Gasteiger partial charge on any atom is 0.303 e. The number of hydrogen-bond acceptors (Lipinski definition) is 5. The second kappa shape index (κ2) is 18.1. The van der Waals surface area contributed by atoms with Gasteiger partial charge in [0.1, 0.15) is 6.10 Å². The summed E-state index contributed by atoms with van der Waals surface area (Å²) in [5.41, 5.74) is 0. The van der Waals surface area contributed by atoms with Crippen molar-refractivity contribution in [2.45, 2.75) is 77.2 Å². The Kier molecular flexibility index (Phi) is 19.2. The molecule has 0 bridgehead atoms. The molecular weight excluding hydrogens is 304 g/mol. The van der Waals surface area contributed by atoms with E-state index in [1.807, 2.05) is 5.02 Å². The van der Waals surface area contributed by atoms with Crippen molar-refractivity contribution in [3.8, 4) is 0 Å². The second-order valence-corrected chi connectivity index (χ2v) is 5.36. The number of aliphatic hydroxyl groups excluding tert-OH is 3. The molecule has 4 N–H and O–H groups in total. The van der Waals surface area contributed by atoms with Crippen LogP contribution in [0.5, 0.6) is 0 Å². The molecule has 0 saturated heterocycles. The van der Waals surface area contributed by atoms with E-state index < -0.39 is 24.4 Å². The largest absolute Gasteiger partial charge is 0.502 e. The van der Waals surface area contributed by atoms with Crippen molar-refractivity contribution in [2.24, 2.45) is 0 Å². The van der Waals surface area contributed by atoms with Crippen molar-refractivity contribution >= 4 is 23.2 Å². The van der Waals surface area contributed by atoms with Gasteiger partial charge in [0.25, 0.3) is 0 Å². The fourth-order valence-corrected chi connectivity index (χ4v) is 1.88. The first-order valence-corrected chi connectivity index (χ1v) is 8.35. The average molecular weight is 334 g/mol. The Morgan fingerprint density at radius 2 is 1.45 bits per heavy atom. The second-order valence-electron chi connectivity index (χ2n) is 5.16. The minimum Gasteiger partial charge on any atom is -0.502 e. The third kappa shape index (κ3) is 19.1. The highest BCUT2D eigenvalue weighted by Crippen LogP contribution is 2.10. The SMILES string of the molecule is CCCCCCCCCCCC(=O)O.OCC(O)C(O)=C=S. The van der Waals surface area contributed by atoms with Gasteiger partial charge in [-0.05, 0) is 23.7 Å². The zero-order valence-electron chi connectivity index (χ0n) is 13.5. The van der Waals surface area contributed by atoms with E-state index in [1.54, 1.807) is 0 Å². The smallest absolute Gasteiger partial charge is 0.303 e. The summed E-state index contributed by atoms with van der Waals surface area (Å²) in [6.07, 6.45) is 10.2. The van der Waals surface area contributed by atoms with E-state index in [4.69, 9.17) is 20.4 Å². The molecule has 6 heteroatoms. The quantitative estimate of drug-likeness (QED) is 0.248. The molecule has 0 aliphatic heterocycles. The van der Waals surface area contributed by atoms with Crippen LogP contribution in [0.2, 0.25) is 0 Å². The third-order valence-corrected chi connectivity index (χ3v) is 3.30. The third-order valence-electron chi connectivity index (χ3n) is 3.09. The molecule has 0 amide bonds. The van der Waals surface area contributed by atoms with Crippen LogP contribution in [-0.2, 0) is 4.79 Å². The number of carbonyl (C=O) groups is 1. The standard InChI is InChI=1S/C12H24O2.C4H6O3S/c1-2-3-4-5-6-7-8-9-10-11-12(13)14;5-1-3(6)4(7)2-8/h2-11H2,1H3,(H,13,14);3,5-7H,1H2. The van der Waals surface area contributed by atoms with Crippen LogP contribution >= 0.6 is 12.2 Å². The van der Waals surface area contributed by atoms with E-state index in [9.17, 15) is 4.79 Å². The van der Waals surface area contributed by atoms with Gasteiger partial charge in [-0.15, -0.1) is 0 Å². The molecule has 0 aromatic rings. The Labute approximate surface area is 138 Å². The molecule has 1 atom stereocenters. The predicted molar refractivity (Wildman–Crippen MR) is 91.3 cm³/mol. The van der Waals surface area contributed by atoms with Crippen molar-refractivity contribution in [1.29, 1.82) is 0 Å². The van der Waals surface area contributed by atoms with E-state index in [0.717, 1.165) is 12.8 Å². The Bertz CT molecular complexity index is 314. The van der Waals surface area contributed by atoms with Crippen molar-refractivity contribution in [3.05, 3.63) is 5.76 Å². The van der Waals surface area contributed by atoms with Gasteiger partial charge in [-0.25, -0.2) is 0 Å². The summed E-state index contributed by atoms with van der Waals surface area (Å²) in [7, 11) is 0. The van der Waals surface area contributed by atoms with Gasteiger partial charge in [0, 0.05) is 6.42 Å². The van der Waals surface area contributed by atoms with Gasteiger partial charge in [0.2, 0.25) is 0 Å². The first-order chi connectivity index (χ1) is 10.5. The zero-order chi connectivity index (χ0) is 17.2. The van der Waals surface area contributed by atoms with Crippen molar-refractivity contribution in [3.63, 3.8) is 0 Å². The molecule has 5 nitrogen and oxygen atoms in total. The number of hydrogen-bond donors (Lipinski definition) is 4. The van der Waals surface area contributed by atoms with Crippen LogP contribution in [0, 0.1) is 0 Å². The van der Waals surface area contributed by atoms with E-state index in [2.05, 4.69) is 19.1 Å². The van der Waals surface area contributed by atoms with Gasteiger partial charge in [-0.2, -0.15) is 0 Å². The summed E-state index contributed by atoms with van der Waals surface area (Å²) < 4.78 is 0. The van der Waals surface area contributed by atoms with Crippen molar-refractivity contribution < 1.29 is 25.2 Å². The molecule has 0 spiro atoms. The van der Waals surface area contributed by atoms with Gasteiger partial charge < -0.3 is 20.4 Å². The summed E-state index contributed by atoms with van der Waals surface area (Å²) >= 11 is 4.11. The van der Waals surface area contributed by atoms with E-state index in [-0.39, 0.29) is 0 Å². The van der Waals surface area contributed by atoms with E-state index in [0.29, 0.717) is 6.42 Å². The fraction of sp³-hybridized carbons (Fsp3) is 0.812. The number of unbranched alkanes of at least 4 members (excludes halogenated alkanes) is 8. The van der Waals surface area contributed by atoms with Crippen molar-refractivity contribution in [2.75, 3.05) is 6.61 Å². The maximum absolute atomic E-state index is 10.2. The predicted octanol–water partition coefficient (Wildman–Crippen LogP) is 3.37. The minimum absolute atomic E-state index is 0.343. The van der Waals surface area contributed by atoms with Crippen LogP contribution in [0.4, 0.5) is 0 Å². The topological polar surface area (TPSA) is 98.0 Å². The molecule has 0 radical (unpaired) electrons. The molecular formula is C16H30O5S. The highest BCUT2D eigenvalue weighted by molar-refractivity contribution is 7.78. The fourth-order valence-electron chi connectivity index (χ4n) is 1.74. The lowest BCUT2D eigenvalue weighted by Gasteiger charge is -2.00. The van der Waals surface area contributed by atoms with Crippen LogP contribution in [-0.4, -0.2) is 44.1 Å². The van der Waals surface area contributed by atoms with Gasteiger partial charge >= 0.3 is 5.97 Å². The zero-order valence-corrected chi connectivity index (χ0v) is 14.3. The molecule has 1 unspecified atom stereocenters. The highest BCUT2D eigenvalue weighted by atomic mass is 32.1. The highest BCUT2D eigenvalue weighted by Gasteiger charge is 2.04. The lowest BCUT2D eigenvalue weighted by molar-refractivity contribution is -0.137. The van der Waals surface area contributed by atoms with E-state index >= 15 is 0 Å². The van der Waals surface area contributed by atoms with Crippen LogP contribution in [0.25, 0.3) is 0 Å². The van der Waals surface area contributed by atoms with Gasteiger partial charge in [-0.3, -0.25) is 4.79 Å². The Morgan fingerprint density at radius 3 is 1.77 bits per heavy atom. The average Bonchev–Trinajstić information content (AvgIpc) is 2.52. The molecule has 0 aromatic carbocycles. The molecule has 0 rings (SSSR count). The minimum atomic E-state index is -1.27. The Balaban J connectivity index is 0. The number of thiocarbonyl (C=S) groups is 1. The van der Waals surface area contributed by atoms with Gasteiger partial charge in [0.15, 0.2) is 5.76 Å². The number of aliphatic carboxylic acids is 1. The van der Waals surface area contributed by atoms with Gasteiger partial charge in [0.05, 0.1) is 6.61 Å². The van der Waals surface area contributed by atoms with Crippen LogP contribution < -0.4 is 0 Å². The lowest BCUT2D eigenvalue weighted by Crippen LogP contribution is -2.14. The summed E-state index contributed by atoms with van der Waals surface area (Å²) in [6.45, 7) is 1.70. The van der Waals surface area contributed by atoms with Gasteiger partial charge in [-0.1, -0.05) is 58.3 Å². The monoisotopic (exact) mass is 334 g/mol. The summed E-state index contributed by atoms with van der Waals surface area (Å²) in [4.78, 5) is 10.2. The normalized spacial score (nSPS) is 11.0. The number of rotatable bonds is 12. The Hall–Kier alpha value is -0.940. The number of aliphatic hydroxyl groups is 3. The van der Waals surface area contributed by atoms with Crippen LogP contribution in [0.15, 0.2) is 5.76 Å². The molecule has 0 aliphatic carbocycles. The molecule has 0 heterocycles. The number of carboxylic acid groups (broad SMARTS) is 1. The first-order valence-electron chi connectivity index (χ1n) is 7.94. The first kappa shape index (κ1) is 23.3. The van der Waals surface area contributed by atoms with Crippen molar-refractivity contribution in [1.82, 2.24) is 0 Å². The lowest BCUT2D eigenvalue weighted by atomic mass is 10.1.